The van der Waals surface area contributed by atoms with Crippen molar-refractivity contribution in [2.75, 3.05) is 11.4 Å². The molecule has 0 saturated carbocycles. The molecule has 0 aromatic heterocycles. The summed E-state index contributed by atoms with van der Waals surface area (Å²) in [6.07, 6.45) is 0.914. The van der Waals surface area contributed by atoms with Crippen LogP contribution in [0, 0.1) is 0 Å². The second-order valence-electron chi connectivity index (χ2n) is 4.42. The summed E-state index contributed by atoms with van der Waals surface area (Å²) in [5.41, 5.74) is 3.60. The number of hydrogen-bond donors (Lipinski definition) is 1. The van der Waals surface area contributed by atoms with Gasteiger partial charge in [-0.3, -0.25) is 0 Å². The van der Waals surface area contributed by atoms with Gasteiger partial charge in [0.2, 0.25) is 0 Å². The van der Waals surface area contributed by atoms with Gasteiger partial charge in [0.25, 0.3) is 0 Å². The number of para-hydroxylation sites is 1. The number of nitrogens with zero attached hydrogens (tertiary/aromatic N) is 1. The fraction of sp³-hybridized carbons (Fsp3) is 0.200. The van der Waals surface area contributed by atoms with Crippen LogP contribution >= 0.6 is 0 Å². The average Bonchev–Trinajstić information content (AvgIpc) is 2.40. The highest BCUT2D eigenvalue weighted by Crippen LogP contribution is 2.29. The second-order valence-corrected chi connectivity index (χ2v) is 4.42. The Balaban J connectivity index is 1.91. The van der Waals surface area contributed by atoms with E-state index in [1.165, 1.54) is 11.3 Å². The Morgan fingerprint density at radius 2 is 1.76 bits per heavy atom. The van der Waals surface area contributed by atoms with Gasteiger partial charge in [0.1, 0.15) is 5.75 Å². The van der Waals surface area contributed by atoms with Crippen LogP contribution in [-0.4, -0.2) is 11.7 Å². The van der Waals surface area contributed by atoms with Crippen LogP contribution in [0.1, 0.15) is 11.1 Å². The van der Waals surface area contributed by atoms with Gasteiger partial charge in [-0.1, -0.05) is 30.3 Å². The molecule has 86 valence electrons. The molecule has 1 aliphatic heterocycles. The molecule has 0 radical (unpaired) electrons. The van der Waals surface area contributed by atoms with E-state index in [4.69, 9.17) is 0 Å². The first-order valence-corrected chi connectivity index (χ1v) is 5.94. The van der Waals surface area contributed by atoms with E-state index >= 15 is 0 Å². The number of hydrogen-bond acceptors (Lipinski definition) is 2. The van der Waals surface area contributed by atoms with Crippen LogP contribution in [0.2, 0.25) is 0 Å². The molecule has 3 rings (SSSR count). The Bertz CT molecular complexity index is 522. The van der Waals surface area contributed by atoms with E-state index in [0.717, 1.165) is 25.1 Å². The van der Waals surface area contributed by atoms with Gasteiger partial charge in [-0.25, -0.2) is 0 Å². The number of anilines is 1. The molecule has 2 aromatic rings. The van der Waals surface area contributed by atoms with Crippen LogP contribution in [-0.2, 0) is 13.0 Å². The molecule has 0 spiro atoms. The summed E-state index contributed by atoms with van der Waals surface area (Å²) in [4.78, 5) is 2.35. The van der Waals surface area contributed by atoms with Crippen LogP contribution in [0.4, 0.5) is 5.69 Å². The Kier molecular flexibility index (Phi) is 2.48. The van der Waals surface area contributed by atoms with Gasteiger partial charge < -0.3 is 10.0 Å². The maximum absolute atomic E-state index is 9.79. The lowest BCUT2D eigenvalue weighted by Gasteiger charge is -2.31. The third-order valence-corrected chi connectivity index (χ3v) is 3.36. The van der Waals surface area contributed by atoms with Crippen molar-refractivity contribution >= 4 is 5.69 Å². The second kappa shape index (κ2) is 4.13. The zero-order valence-corrected chi connectivity index (χ0v) is 9.63. The van der Waals surface area contributed by atoms with Crippen molar-refractivity contribution in [3.8, 4) is 5.75 Å². The summed E-state index contributed by atoms with van der Waals surface area (Å²) in [6.45, 7) is 1.85. The average molecular weight is 225 g/mol. The summed E-state index contributed by atoms with van der Waals surface area (Å²) in [5, 5.41) is 9.79. The minimum absolute atomic E-state index is 0.440. The zero-order chi connectivity index (χ0) is 11.7. The van der Waals surface area contributed by atoms with Gasteiger partial charge >= 0.3 is 0 Å². The molecule has 2 nitrogen and oxygen atoms in total. The molecule has 0 bridgehead atoms. The molecular weight excluding hydrogens is 210 g/mol. The number of fused-ring (bicyclic) bond motifs is 1. The SMILES string of the molecule is Oc1cccc2c1CCN(c1ccccc1)C2. The highest BCUT2D eigenvalue weighted by Gasteiger charge is 2.18. The molecule has 0 atom stereocenters. The molecular formula is C15H15NO. The first-order valence-electron chi connectivity index (χ1n) is 5.94. The van der Waals surface area contributed by atoms with Crippen molar-refractivity contribution in [2.24, 2.45) is 0 Å². The van der Waals surface area contributed by atoms with E-state index in [-0.39, 0.29) is 0 Å². The maximum atomic E-state index is 9.79. The third kappa shape index (κ3) is 1.86. The van der Waals surface area contributed by atoms with Crippen molar-refractivity contribution in [2.45, 2.75) is 13.0 Å². The molecule has 2 heteroatoms. The predicted molar refractivity (Wildman–Crippen MR) is 69.3 cm³/mol. The van der Waals surface area contributed by atoms with Crippen molar-refractivity contribution in [1.29, 1.82) is 0 Å². The lowest BCUT2D eigenvalue weighted by molar-refractivity contribution is 0.464. The van der Waals surface area contributed by atoms with Gasteiger partial charge in [0.05, 0.1) is 0 Å². The van der Waals surface area contributed by atoms with Gasteiger partial charge in [-0.05, 0) is 30.2 Å². The van der Waals surface area contributed by atoms with Gasteiger partial charge in [0, 0.05) is 24.3 Å². The normalized spacial score (nSPS) is 14.5. The molecule has 2 aromatic carbocycles. The fourth-order valence-corrected chi connectivity index (χ4v) is 2.45. The smallest absolute Gasteiger partial charge is 0.119 e. The molecule has 1 heterocycles. The zero-order valence-electron chi connectivity index (χ0n) is 9.63. The topological polar surface area (TPSA) is 23.5 Å². The van der Waals surface area contributed by atoms with Crippen LogP contribution in [0.25, 0.3) is 0 Å². The Hall–Kier alpha value is -1.96. The lowest BCUT2D eigenvalue weighted by Crippen LogP contribution is -2.30. The Morgan fingerprint density at radius 3 is 2.59 bits per heavy atom. The largest absolute Gasteiger partial charge is 0.508 e. The molecule has 0 aliphatic carbocycles. The molecule has 0 unspecified atom stereocenters. The highest BCUT2D eigenvalue weighted by molar-refractivity contribution is 5.51. The Labute approximate surface area is 101 Å². The highest BCUT2D eigenvalue weighted by atomic mass is 16.3. The number of aromatic hydroxyl groups is 1. The molecule has 0 saturated heterocycles. The summed E-state index contributed by atoms with van der Waals surface area (Å²) in [5.74, 6) is 0.440. The first kappa shape index (κ1) is 10.2. The monoisotopic (exact) mass is 225 g/mol. The summed E-state index contributed by atoms with van der Waals surface area (Å²) >= 11 is 0. The van der Waals surface area contributed by atoms with E-state index in [1.54, 1.807) is 6.07 Å². The maximum Gasteiger partial charge on any atom is 0.119 e. The van der Waals surface area contributed by atoms with Crippen molar-refractivity contribution in [1.82, 2.24) is 0 Å². The van der Waals surface area contributed by atoms with Crippen LogP contribution in [0.15, 0.2) is 48.5 Å². The summed E-state index contributed by atoms with van der Waals surface area (Å²) < 4.78 is 0. The lowest BCUT2D eigenvalue weighted by atomic mass is 9.98. The fourth-order valence-electron chi connectivity index (χ4n) is 2.45. The van der Waals surface area contributed by atoms with Crippen LogP contribution in [0.5, 0.6) is 5.75 Å². The van der Waals surface area contributed by atoms with E-state index in [9.17, 15) is 5.11 Å². The molecule has 17 heavy (non-hydrogen) atoms. The number of phenolic OH excluding ortho intramolecular Hbond substituents is 1. The van der Waals surface area contributed by atoms with E-state index < -0.39 is 0 Å². The van der Waals surface area contributed by atoms with Gasteiger partial charge in [-0.15, -0.1) is 0 Å². The third-order valence-electron chi connectivity index (χ3n) is 3.36. The summed E-state index contributed by atoms with van der Waals surface area (Å²) in [6, 6.07) is 16.2. The van der Waals surface area contributed by atoms with Gasteiger partial charge in [-0.2, -0.15) is 0 Å². The summed E-state index contributed by atoms with van der Waals surface area (Å²) in [7, 11) is 0. The minimum atomic E-state index is 0.440. The minimum Gasteiger partial charge on any atom is -0.508 e. The van der Waals surface area contributed by atoms with Crippen LogP contribution in [0.3, 0.4) is 0 Å². The van der Waals surface area contributed by atoms with E-state index in [0.29, 0.717) is 5.75 Å². The number of benzene rings is 2. The molecule has 1 N–H and O–H groups in total. The van der Waals surface area contributed by atoms with Crippen molar-refractivity contribution < 1.29 is 5.11 Å². The predicted octanol–water partition coefficient (Wildman–Crippen LogP) is 2.95. The molecule has 0 fully saturated rings. The Morgan fingerprint density at radius 1 is 0.941 bits per heavy atom. The first-order chi connectivity index (χ1) is 8.34. The molecule has 0 amide bonds. The van der Waals surface area contributed by atoms with E-state index in [1.807, 2.05) is 12.1 Å². The standard InChI is InChI=1S/C15H15NO/c17-15-8-4-5-12-11-16(10-9-14(12)15)13-6-2-1-3-7-13/h1-8,17H,9-11H2. The quantitative estimate of drug-likeness (QED) is 0.806. The van der Waals surface area contributed by atoms with Crippen LogP contribution < -0.4 is 4.90 Å². The molecule has 1 aliphatic rings. The van der Waals surface area contributed by atoms with Crippen molar-refractivity contribution in [3.05, 3.63) is 59.7 Å². The van der Waals surface area contributed by atoms with Gasteiger partial charge in [0.15, 0.2) is 0 Å². The van der Waals surface area contributed by atoms with E-state index in [2.05, 4.69) is 35.2 Å². The number of phenols is 1. The number of rotatable bonds is 1. The van der Waals surface area contributed by atoms with Crippen molar-refractivity contribution in [3.63, 3.8) is 0 Å².